The molecule has 4 nitrogen and oxygen atoms in total. The Kier molecular flexibility index (Phi) is 2.82. The molecule has 1 saturated heterocycles. The van der Waals surface area contributed by atoms with Crippen molar-refractivity contribution in [3.05, 3.63) is 12.2 Å². The van der Waals surface area contributed by atoms with Crippen LogP contribution < -0.4 is 5.32 Å². The van der Waals surface area contributed by atoms with Crippen molar-refractivity contribution < 1.29 is 0 Å². The Balaban J connectivity index is 2.12. The summed E-state index contributed by atoms with van der Waals surface area (Å²) in [5.41, 5.74) is 0. The third-order valence-corrected chi connectivity index (χ3v) is 2.61. The standard InChI is InChI=1S/C10H18N4/c1-8(2)6-14-10(12-7-13-14)9-3-4-11-5-9/h7-9,11H,3-6H2,1-2H3. The molecule has 0 aliphatic carbocycles. The Morgan fingerprint density at radius 1 is 1.64 bits per heavy atom. The van der Waals surface area contributed by atoms with Gasteiger partial charge < -0.3 is 5.32 Å². The number of rotatable bonds is 3. The van der Waals surface area contributed by atoms with E-state index in [1.165, 1.54) is 6.42 Å². The molecule has 1 aliphatic rings. The average molecular weight is 194 g/mol. The fourth-order valence-corrected chi connectivity index (χ4v) is 1.95. The third-order valence-electron chi connectivity index (χ3n) is 2.61. The Hall–Kier alpha value is -0.900. The number of aromatic nitrogens is 3. The molecule has 2 rings (SSSR count). The van der Waals surface area contributed by atoms with Gasteiger partial charge in [-0.25, -0.2) is 9.67 Å². The lowest BCUT2D eigenvalue weighted by atomic mass is 10.1. The van der Waals surface area contributed by atoms with Crippen LogP contribution in [0.1, 0.15) is 32.0 Å². The van der Waals surface area contributed by atoms with Gasteiger partial charge in [-0.3, -0.25) is 0 Å². The first-order chi connectivity index (χ1) is 6.77. The zero-order valence-electron chi connectivity index (χ0n) is 8.90. The highest BCUT2D eigenvalue weighted by Crippen LogP contribution is 2.20. The first-order valence-corrected chi connectivity index (χ1v) is 5.36. The van der Waals surface area contributed by atoms with E-state index in [9.17, 15) is 0 Å². The largest absolute Gasteiger partial charge is 0.316 e. The molecule has 4 heteroatoms. The van der Waals surface area contributed by atoms with Gasteiger partial charge in [-0.15, -0.1) is 0 Å². The van der Waals surface area contributed by atoms with Crippen LogP contribution >= 0.6 is 0 Å². The van der Waals surface area contributed by atoms with Crippen molar-refractivity contribution in [2.75, 3.05) is 13.1 Å². The fraction of sp³-hybridized carbons (Fsp3) is 0.800. The fourth-order valence-electron chi connectivity index (χ4n) is 1.95. The highest BCUT2D eigenvalue weighted by molar-refractivity contribution is 5.00. The van der Waals surface area contributed by atoms with Crippen molar-refractivity contribution in [3.63, 3.8) is 0 Å². The zero-order valence-corrected chi connectivity index (χ0v) is 8.90. The summed E-state index contributed by atoms with van der Waals surface area (Å²) in [6.07, 6.45) is 2.87. The second-order valence-corrected chi connectivity index (χ2v) is 4.38. The smallest absolute Gasteiger partial charge is 0.138 e. The van der Waals surface area contributed by atoms with Crippen molar-refractivity contribution in [2.24, 2.45) is 5.92 Å². The van der Waals surface area contributed by atoms with Gasteiger partial charge in [0.25, 0.3) is 0 Å². The summed E-state index contributed by atoms with van der Waals surface area (Å²) in [4.78, 5) is 4.36. The van der Waals surface area contributed by atoms with Gasteiger partial charge in [-0.05, 0) is 18.9 Å². The SMILES string of the molecule is CC(C)Cn1ncnc1C1CCNC1. The summed E-state index contributed by atoms with van der Waals surface area (Å²) in [5, 5.41) is 7.64. The first-order valence-electron chi connectivity index (χ1n) is 5.36. The van der Waals surface area contributed by atoms with Gasteiger partial charge in [0.2, 0.25) is 0 Å². The summed E-state index contributed by atoms with van der Waals surface area (Å²) in [5.74, 6) is 2.35. The Labute approximate surface area is 84.7 Å². The van der Waals surface area contributed by atoms with Crippen LogP contribution in [0.3, 0.4) is 0 Å². The minimum absolute atomic E-state index is 0.566. The van der Waals surface area contributed by atoms with Crippen LogP contribution in [0.4, 0.5) is 0 Å². The topological polar surface area (TPSA) is 42.7 Å². The van der Waals surface area contributed by atoms with E-state index < -0.39 is 0 Å². The van der Waals surface area contributed by atoms with E-state index in [4.69, 9.17) is 0 Å². The minimum Gasteiger partial charge on any atom is -0.316 e. The lowest BCUT2D eigenvalue weighted by molar-refractivity contribution is 0.453. The van der Waals surface area contributed by atoms with Gasteiger partial charge in [0.1, 0.15) is 12.2 Å². The van der Waals surface area contributed by atoms with Gasteiger partial charge >= 0.3 is 0 Å². The minimum atomic E-state index is 0.566. The molecular formula is C10H18N4. The quantitative estimate of drug-likeness (QED) is 0.781. The monoisotopic (exact) mass is 194 g/mol. The molecule has 0 radical (unpaired) electrons. The van der Waals surface area contributed by atoms with Crippen molar-refractivity contribution in [3.8, 4) is 0 Å². The number of nitrogens with zero attached hydrogens (tertiary/aromatic N) is 3. The van der Waals surface area contributed by atoms with Crippen molar-refractivity contribution in [2.45, 2.75) is 32.7 Å². The van der Waals surface area contributed by atoms with E-state index in [0.717, 1.165) is 25.5 Å². The van der Waals surface area contributed by atoms with E-state index in [2.05, 4.69) is 33.9 Å². The lowest BCUT2D eigenvalue weighted by Gasteiger charge is -2.11. The summed E-state index contributed by atoms with van der Waals surface area (Å²) in [7, 11) is 0. The molecule has 1 fully saturated rings. The molecule has 14 heavy (non-hydrogen) atoms. The molecule has 1 aliphatic heterocycles. The zero-order chi connectivity index (χ0) is 9.97. The molecule has 1 aromatic rings. The number of nitrogens with one attached hydrogen (secondary N) is 1. The summed E-state index contributed by atoms with van der Waals surface area (Å²) in [6.45, 7) is 7.55. The molecule has 0 bridgehead atoms. The molecule has 2 heterocycles. The molecule has 0 amide bonds. The van der Waals surface area contributed by atoms with E-state index in [1.807, 2.05) is 0 Å². The molecule has 1 atom stereocenters. The second-order valence-electron chi connectivity index (χ2n) is 4.38. The Morgan fingerprint density at radius 2 is 2.50 bits per heavy atom. The highest BCUT2D eigenvalue weighted by Gasteiger charge is 2.21. The van der Waals surface area contributed by atoms with Gasteiger partial charge in [0, 0.05) is 19.0 Å². The number of hydrogen-bond acceptors (Lipinski definition) is 3. The maximum atomic E-state index is 4.36. The van der Waals surface area contributed by atoms with Crippen LogP contribution in [0.25, 0.3) is 0 Å². The van der Waals surface area contributed by atoms with Gasteiger partial charge in [0.05, 0.1) is 0 Å². The van der Waals surface area contributed by atoms with Crippen LogP contribution in [-0.4, -0.2) is 27.9 Å². The van der Waals surface area contributed by atoms with Crippen molar-refractivity contribution >= 4 is 0 Å². The summed E-state index contributed by atoms with van der Waals surface area (Å²) >= 11 is 0. The van der Waals surface area contributed by atoms with Crippen LogP contribution in [0.15, 0.2) is 6.33 Å². The Morgan fingerprint density at radius 3 is 3.14 bits per heavy atom. The molecule has 0 spiro atoms. The van der Waals surface area contributed by atoms with E-state index >= 15 is 0 Å². The maximum absolute atomic E-state index is 4.36. The molecule has 0 saturated carbocycles. The molecule has 1 unspecified atom stereocenters. The van der Waals surface area contributed by atoms with E-state index in [0.29, 0.717) is 11.8 Å². The molecule has 0 aromatic carbocycles. The number of hydrogen-bond donors (Lipinski definition) is 1. The normalized spacial score (nSPS) is 22.1. The van der Waals surface area contributed by atoms with Gasteiger partial charge in [0.15, 0.2) is 0 Å². The summed E-state index contributed by atoms with van der Waals surface area (Å²) in [6, 6.07) is 0. The lowest BCUT2D eigenvalue weighted by Crippen LogP contribution is -2.15. The first kappa shape index (κ1) is 9.65. The van der Waals surface area contributed by atoms with Crippen LogP contribution in [-0.2, 0) is 6.54 Å². The van der Waals surface area contributed by atoms with Gasteiger partial charge in [-0.1, -0.05) is 13.8 Å². The second kappa shape index (κ2) is 4.09. The van der Waals surface area contributed by atoms with Crippen LogP contribution in [0, 0.1) is 5.92 Å². The van der Waals surface area contributed by atoms with Crippen molar-refractivity contribution in [1.82, 2.24) is 20.1 Å². The maximum Gasteiger partial charge on any atom is 0.138 e. The molecule has 78 valence electrons. The molecular weight excluding hydrogens is 176 g/mol. The predicted octanol–water partition coefficient (Wildman–Crippen LogP) is 1.01. The third kappa shape index (κ3) is 1.95. The molecule has 1 aromatic heterocycles. The van der Waals surface area contributed by atoms with Gasteiger partial charge in [-0.2, -0.15) is 5.10 Å². The molecule has 1 N–H and O–H groups in total. The predicted molar refractivity (Wildman–Crippen MR) is 55.1 cm³/mol. The summed E-state index contributed by atoms with van der Waals surface area (Å²) < 4.78 is 2.06. The Bertz CT molecular complexity index is 286. The van der Waals surface area contributed by atoms with Crippen molar-refractivity contribution in [1.29, 1.82) is 0 Å². The van der Waals surface area contributed by atoms with Crippen LogP contribution in [0.2, 0.25) is 0 Å². The average Bonchev–Trinajstić information content (AvgIpc) is 2.70. The van der Waals surface area contributed by atoms with E-state index in [-0.39, 0.29) is 0 Å². The van der Waals surface area contributed by atoms with E-state index in [1.54, 1.807) is 6.33 Å². The van der Waals surface area contributed by atoms with Crippen LogP contribution in [0.5, 0.6) is 0 Å². The highest BCUT2D eigenvalue weighted by atomic mass is 15.3.